The average molecular weight is 339 g/mol. The second-order valence-corrected chi connectivity index (χ2v) is 14.1. The Balaban J connectivity index is 2.39. The molecular weight excluding hydrogens is 318 g/mol. The van der Waals surface area contributed by atoms with Gasteiger partial charge in [0.1, 0.15) is 0 Å². The number of carbonyl (C=O) groups excluding carboxylic acids is 1. The molecule has 0 aliphatic carbocycles. The van der Waals surface area contributed by atoms with Crippen LogP contribution in [0.2, 0.25) is 25.7 Å². The van der Waals surface area contributed by atoms with Gasteiger partial charge in [-0.2, -0.15) is 0 Å². The van der Waals surface area contributed by atoms with Gasteiger partial charge in [-0.25, -0.2) is 17.2 Å². The number of benzene rings is 1. The van der Waals surface area contributed by atoms with E-state index in [1.54, 1.807) is 30.5 Å². The summed E-state index contributed by atoms with van der Waals surface area (Å²) >= 11 is 0. The zero-order chi connectivity index (χ0) is 16.5. The van der Waals surface area contributed by atoms with Crippen molar-refractivity contribution in [2.45, 2.75) is 25.7 Å². The van der Waals surface area contributed by atoms with E-state index in [9.17, 15) is 13.2 Å². The minimum Gasteiger partial charge on any atom is -0.465 e. The van der Waals surface area contributed by atoms with E-state index < -0.39 is 24.1 Å². The van der Waals surface area contributed by atoms with Gasteiger partial charge in [-0.1, -0.05) is 19.6 Å². The van der Waals surface area contributed by atoms with Gasteiger partial charge in [0.2, 0.25) is 10.0 Å². The molecule has 0 aliphatic rings. The van der Waals surface area contributed by atoms with E-state index in [1.807, 2.05) is 0 Å². The highest BCUT2D eigenvalue weighted by Crippen LogP contribution is 2.21. The number of fused-ring (bicyclic) bond motifs is 1. The van der Waals surface area contributed by atoms with Crippen molar-refractivity contribution in [2.75, 3.05) is 12.9 Å². The van der Waals surface area contributed by atoms with Crippen molar-refractivity contribution >= 4 is 35.0 Å². The number of esters is 1. The first kappa shape index (κ1) is 16.8. The Morgan fingerprint density at radius 3 is 2.50 bits per heavy atom. The van der Waals surface area contributed by atoms with Crippen LogP contribution in [0.5, 0.6) is 0 Å². The van der Waals surface area contributed by atoms with Crippen LogP contribution in [-0.4, -0.2) is 39.3 Å². The van der Waals surface area contributed by atoms with E-state index in [0.29, 0.717) is 16.5 Å². The summed E-state index contributed by atoms with van der Waals surface area (Å²) < 4.78 is 31.0. The van der Waals surface area contributed by atoms with Gasteiger partial charge in [0, 0.05) is 19.7 Å². The smallest absolute Gasteiger partial charge is 0.337 e. The molecule has 0 saturated heterocycles. The summed E-state index contributed by atoms with van der Waals surface area (Å²) in [6.45, 7) is 6.46. The molecule has 0 saturated carbocycles. The molecule has 120 valence electrons. The van der Waals surface area contributed by atoms with E-state index in [2.05, 4.69) is 24.4 Å². The maximum atomic E-state index is 12.5. The molecular formula is C15H21NO4SSi. The predicted molar refractivity (Wildman–Crippen MR) is 90.6 cm³/mol. The largest absolute Gasteiger partial charge is 0.465 e. The molecule has 0 amide bonds. The Bertz CT molecular complexity index is 803. The monoisotopic (exact) mass is 339 g/mol. The van der Waals surface area contributed by atoms with Crippen molar-refractivity contribution in [2.24, 2.45) is 0 Å². The van der Waals surface area contributed by atoms with Crippen LogP contribution in [0.15, 0.2) is 30.5 Å². The molecule has 1 aromatic carbocycles. The number of aromatic nitrogens is 1. The minimum absolute atomic E-state index is 0.144. The minimum atomic E-state index is -3.38. The number of methoxy groups -OCH3 is 1. The van der Waals surface area contributed by atoms with Crippen molar-refractivity contribution in [1.82, 2.24) is 3.97 Å². The van der Waals surface area contributed by atoms with Gasteiger partial charge in [-0.15, -0.1) is 0 Å². The molecule has 0 atom stereocenters. The molecule has 0 spiro atoms. The second-order valence-electron chi connectivity index (χ2n) is 6.50. The molecule has 22 heavy (non-hydrogen) atoms. The quantitative estimate of drug-likeness (QED) is 0.620. The Labute approximate surface area is 132 Å². The third kappa shape index (κ3) is 3.59. The maximum absolute atomic E-state index is 12.5. The Kier molecular flexibility index (Phi) is 4.48. The van der Waals surface area contributed by atoms with Gasteiger partial charge < -0.3 is 4.74 Å². The molecule has 0 N–H and O–H groups in total. The highest BCUT2D eigenvalue weighted by molar-refractivity contribution is 7.90. The Hall–Kier alpha value is -1.60. The number of hydrogen-bond acceptors (Lipinski definition) is 4. The van der Waals surface area contributed by atoms with Gasteiger partial charge in [0.05, 0.1) is 23.9 Å². The third-order valence-corrected chi connectivity index (χ3v) is 7.24. The molecule has 5 nitrogen and oxygen atoms in total. The van der Waals surface area contributed by atoms with Gasteiger partial charge in [0.25, 0.3) is 0 Å². The standard InChI is InChI=1S/C15H21NO4SSi/c1-20-15(17)13-5-6-14-12(11-13)7-8-16(14)21(18,19)9-10-22(2,3)4/h5-8,11H,9-10H2,1-4H3. The van der Waals surface area contributed by atoms with E-state index in [4.69, 9.17) is 0 Å². The first-order valence-corrected chi connectivity index (χ1v) is 12.4. The van der Waals surface area contributed by atoms with Gasteiger partial charge in [0.15, 0.2) is 0 Å². The Morgan fingerprint density at radius 2 is 1.91 bits per heavy atom. The zero-order valence-electron chi connectivity index (χ0n) is 13.3. The summed E-state index contributed by atoms with van der Waals surface area (Å²) in [7, 11) is -3.49. The number of rotatable bonds is 5. The molecule has 0 radical (unpaired) electrons. The lowest BCUT2D eigenvalue weighted by Gasteiger charge is -2.16. The van der Waals surface area contributed by atoms with Gasteiger partial charge in [-0.05, 0) is 30.3 Å². The van der Waals surface area contributed by atoms with Crippen molar-refractivity contribution in [3.05, 3.63) is 36.0 Å². The average Bonchev–Trinajstić information content (AvgIpc) is 2.87. The Morgan fingerprint density at radius 1 is 1.23 bits per heavy atom. The summed E-state index contributed by atoms with van der Waals surface area (Å²) in [5, 5.41) is 0.708. The summed E-state index contributed by atoms with van der Waals surface area (Å²) in [5.74, 6) is -0.290. The summed E-state index contributed by atoms with van der Waals surface area (Å²) in [6, 6.07) is 7.29. The lowest BCUT2D eigenvalue weighted by atomic mass is 10.1. The van der Waals surface area contributed by atoms with Crippen molar-refractivity contribution < 1.29 is 17.9 Å². The number of carbonyl (C=O) groups is 1. The molecule has 1 aromatic heterocycles. The lowest BCUT2D eigenvalue weighted by Crippen LogP contribution is -2.26. The molecule has 0 bridgehead atoms. The van der Waals surface area contributed by atoms with Gasteiger partial charge >= 0.3 is 5.97 Å². The van der Waals surface area contributed by atoms with Crippen LogP contribution in [0.3, 0.4) is 0 Å². The van der Waals surface area contributed by atoms with Crippen molar-refractivity contribution in [3.8, 4) is 0 Å². The SMILES string of the molecule is COC(=O)c1ccc2c(ccn2S(=O)(=O)CC[Si](C)(C)C)c1. The number of ether oxygens (including phenoxy) is 1. The number of nitrogens with zero attached hydrogens (tertiary/aromatic N) is 1. The molecule has 2 rings (SSSR count). The fourth-order valence-electron chi connectivity index (χ4n) is 2.14. The van der Waals surface area contributed by atoms with Crippen LogP contribution < -0.4 is 0 Å². The topological polar surface area (TPSA) is 65.4 Å². The highest BCUT2D eigenvalue weighted by Gasteiger charge is 2.21. The van der Waals surface area contributed by atoms with Crippen LogP contribution in [0.25, 0.3) is 10.9 Å². The first-order valence-electron chi connectivity index (χ1n) is 7.07. The fourth-order valence-corrected chi connectivity index (χ4v) is 6.53. The lowest BCUT2D eigenvalue weighted by molar-refractivity contribution is 0.0601. The van der Waals surface area contributed by atoms with Crippen molar-refractivity contribution in [3.63, 3.8) is 0 Å². The van der Waals surface area contributed by atoms with Crippen LogP contribution in [0.4, 0.5) is 0 Å². The fraction of sp³-hybridized carbons (Fsp3) is 0.400. The predicted octanol–water partition coefficient (Wildman–Crippen LogP) is 2.94. The molecule has 2 aromatic rings. The van der Waals surface area contributed by atoms with E-state index in [1.165, 1.54) is 11.1 Å². The molecule has 0 unspecified atom stereocenters. The molecule has 0 aliphatic heterocycles. The van der Waals surface area contributed by atoms with Crippen molar-refractivity contribution in [1.29, 1.82) is 0 Å². The number of hydrogen-bond donors (Lipinski definition) is 0. The summed E-state index contributed by atoms with van der Waals surface area (Å²) in [5.41, 5.74) is 0.996. The molecule has 0 fully saturated rings. The summed E-state index contributed by atoms with van der Waals surface area (Å²) in [6.07, 6.45) is 1.55. The maximum Gasteiger partial charge on any atom is 0.337 e. The third-order valence-electron chi connectivity index (χ3n) is 3.49. The van der Waals surface area contributed by atoms with Crippen LogP contribution in [0, 0.1) is 0 Å². The zero-order valence-corrected chi connectivity index (χ0v) is 15.1. The van der Waals surface area contributed by atoms with Crippen LogP contribution in [0.1, 0.15) is 10.4 Å². The molecule has 1 heterocycles. The van der Waals surface area contributed by atoms with Crippen LogP contribution in [-0.2, 0) is 14.8 Å². The van der Waals surface area contributed by atoms with E-state index >= 15 is 0 Å². The van der Waals surface area contributed by atoms with Crippen LogP contribution >= 0.6 is 0 Å². The molecule has 7 heteroatoms. The normalized spacial score (nSPS) is 12.5. The van der Waals surface area contributed by atoms with E-state index in [-0.39, 0.29) is 5.75 Å². The van der Waals surface area contributed by atoms with E-state index in [0.717, 1.165) is 6.04 Å². The first-order chi connectivity index (χ1) is 10.1. The van der Waals surface area contributed by atoms with Gasteiger partial charge in [-0.3, -0.25) is 0 Å². The summed E-state index contributed by atoms with van der Waals surface area (Å²) in [4.78, 5) is 11.5. The highest BCUT2D eigenvalue weighted by atomic mass is 32.2. The second kappa shape index (κ2) is 5.89.